The van der Waals surface area contributed by atoms with Crippen LogP contribution < -0.4 is 15.0 Å². The average Bonchev–Trinajstić information content (AvgIpc) is 2.72. The number of rotatable bonds is 7. The summed E-state index contributed by atoms with van der Waals surface area (Å²) in [5.74, 6) is 0.640. The molecule has 0 saturated heterocycles. The van der Waals surface area contributed by atoms with E-state index < -0.39 is 0 Å². The Bertz CT molecular complexity index is 894. The van der Waals surface area contributed by atoms with Gasteiger partial charge in [-0.05, 0) is 43.3 Å². The minimum Gasteiger partial charge on any atom is -0.489 e. The average molecular weight is 360 g/mol. The first kappa shape index (κ1) is 18.5. The van der Waals surface area contributed by atoms with Gasteiger partial charge in [0.15, 0.2) is 0 Å². The van der Waals surface area contributed by atoms with Crippen LogP contribution in [0.5, 0.6) is 5.75 Å². The lowest BCUT2D eigenvalue weighted by atomic mass is 10.1. The number of carbonyl (C=O) groups is 1. The predicted molar refractivity (Wildman–Crippen MR) is 111 cm³/mol. The molecule has 0 aliphatic rings. The van der Waals surface area contributed by atoms with Gasteiger partial charge in [0.1, 0.15) is 12.4 Å². The van der Waals surface area contributed by atoms with Crippen molar-refractivity contribution in [3.63, 3.8) is 0 Å². The lowest BCUT2D eigenvalue weighted by molar-refractivity contribution is 0.102. The number of amides is 1. The highest BCUT2D eigenvalue weighted by Crippen LogP contribution is 2.20. The smallest absolute Gasteiger partial charge is 0.256 e. The van der Waals surface area contributed by atoms with Crippen LogP contribution in [0.25, 0.3) is 0 Å². The summed E-state index contributed by atoms with van der Waals surface area (Å²) < 4.78 is 5.81. The Hall–Kier alpha value is -3.27. The van der Waals surface area contributed by atoms with Gasteiger partial charge in [-0.3, -0.25) is 4.79 Å². The molecule has 0 radical (unpaired) electrons. The Kier molecular flexibility index (Phi) is 6.10. The fraction of sp³-hybridized carbons (Fsp3) is 0.174. The van der Waals surface area contributed by atoms with E-state index in [4.69, 9.17) is 4.74 Å². The van der Waals surface area contributed by atoms with Gasteiger partial charge < -0.3 is 15.0 Å². The number of carbonyl (C=O) groups excluding carboxylic acids is 1. The third-order valence-corrected chi connectivity index (χ3v) is 4.42. The monoisotopic (exact) mass is 360 g/mol. The molecule has 3 aromatic carbocycles. The molecule has 4 nitrogen and oxygen atoms in total. The number of nitrogens with one attached hydrogen (secondary N) is 1. The third kappa shape index (κ3) is 4.88. The van der Waals surface area contributed by atoms with Crippen LogP contribution in [-0.4, -0.2) is 19.5 Å². The van der Waals surface area contributed by atoms with Crippen molar-refractivity contribution in [2.75, 3.05) is 23.8 Å². The van der Waals surface area contributed by atoms with Crippen molar-refractivity contribution in [1.29, 1.82) is 0 Å². The van der Waals surface area contributed by atoms with Crippen molar-refractivity contribution in [2.45, 2.75) is 13.5 Å². The molecule has 0 atom stereocenters. The van der Waals surface area contributed by atoms with E-state index in [1.54, 1.807) is 0 Å². The molecule has 0 heterocycles. The summed E-state index contributed by atoms with van der Waals surface area (Å²) in [6, 6.07) is 25.0. The zero-order valence-electron chi connectivity index (χ0n) is 15.7. The van der Waals surface area contributed by atoms with E-state index in [1.807, 2.05) is 85.9 Å². The zero-order chi connectivity index (χ0) is 19.1. The number of ether oxygens (including phenoxy) is 1. The number of nitrogens with zero attached hydrogens (tertiary/aromatic N) is 1. The largest absolute Gasteiger partial charge is 0.489 e. The van der Waals surface area contributed by atoms with Crippen LogP contribution in [-0.2, 0) is 6.61 Å². The van der Waals surface area contributed by atoms with Crippen LogP contribution in [0.3, 0.4) is 0 Å². The Morgan fingerprint density at radius 3 is 2.48 bits per heavy atom. The molecule has 0 spiro atoms. The van der Waals surface area contributed by atoms with Crippen molar-refractivity contribution >= 4 is 17.3 Å². The first-order chi connectivity index (χ1) is 13.2. The van der Waals surface area contributed by atoms with E-state index in [0.717, 1.165) is 29.2 Å². The molecular formula is C23H24N2O2. The maximum Gasteiger partial charge on any atom is 0.256 e. The molecule has 0 bridgehead atoms. The predicted octanol–water partition coefficient (Wildman–Crippen LogP) is 4.97. The van der Waals surface area contributed by atoms with E-state index in [1.165, 1.54) is 0 Å². The number of hydrogen-bond acceptors (Lipinski definition) is 3. The van der Waals surface area contributed by atoms with Crippen molar-refractivity contribution in [1.82, 2.24) is 0 Å². The molecule has 3 aromatic rings. The first-order valence-corrected chi connectivity index (χ1v) is 9.05. The minimum absolute atomic E-state index is 0.140. The standard InChI is InChI=1S/C23H24N2O2/c1-3-25(2)20-12-9-11-19(16-20)24-23(26)22-15-8-7-10-18(22)17-27-21-13-5-4-6-14-21/h4-16H,3,17H2,1-2H3,(H,24,26). The van der Waals surface area contributed by atoms with Crippen LogP contribution >= 0.6 is 0 Å². The van der Waals surface area contributed by atoms with Crippen molar-refractivity contribution in [3.8, 4) is 5.75 Å². The van der Waals surface area contributed by atoms with Crippen LogP contribution in [0, 0.1) is 0 Å². The molecule has 27 heavy (non-hydrogen) atoms. The van der Waals surface area contributed by atoms with E-state index in [0.29, 0.717) is 12.2 Å². The first-order valence-electron chi connectivity index (χ1n) is 9.05. The summed E-state index contributed by atoms with van der Waals surface area (Å²) in [5, 5.41) is 2.99. The molecule has 3 rings (SSSR count). The SMILES string of the molecule is CCN(C)c1cccc(NC(=O)c2ccccc2COc2ccccc2)c1. The highest BCUT2D eigenvalue weighted by Gasteiger charge is 2.12. The van der Waals surface area contributed by atoms with E-state index in [2.05, 4.69) is 17.1 Å². The van der Waals surface area contributed by atoms with Crippen molar-refractivity contribution in [2.24, 2.45) is 0 Å². The quantitative estimate of drug-likeness (QED) is 0.646. The Labute approximate surface area is 160 Å². The molecule has 0 unspecified atom stereocenters. The van der Waals surface area contributed by atoms with Gasteiger partial charge in [0.05, 0.1) is 0 Å². The van der Waals surface area contributed by atoms with Gasteiger partial charge in [-0.25, -0.2) is 0 Å². The van der Waals surface area contributed by atoms with Gasteiger partial charge in [0, 0.05) is 36.1 Å². The molecular weight excluding hydrogens is 336 g/mol. The van der Waals surface area contributed by atoms with E-state index in [-0.39, 0.29) is 5.91 Å². The number of benzene rings is 3. The zero-order valence-corrected chi connectivity index (χ0v) is 15.7. The normalized spacial score (nSPS) is 10.3. The summed E-state index contributed by atoms with van der Waals surface area (Å²) in [4.78, 5) is 14.9. The molecule has 4 heteroatoms. The maximum absolute atomic E-state index is 12.8. The fourth-order valence-corrected chi connectivity index (χ4v) is 2.75. The molecule has 1 N–H and O–H groups in total. The highest BCUT2D eigenvalue weighted by molar-refractivity contribution is 6.05. The summed E-state index contributed by atoms with van der Waals surface area (Å²) in [7, 11) is 2.02. The third-order valence-electron chi connectivity index (χ3n) is 4.42. The van der Waals surface area contributed by atoms with Gasteiger partial charge in [0.25, 0.3) is 5.91 Å². The number of anilines is 2. The number of para-hydroxylation sites is 1. The number of hydrogen-bond donors (Lipinski definition) is 1. The topological polar surface area (TPSA) is 41.6 Å². The summed E-state index contributed by atoms with van der Waals surface area (Å²) in [6.45, 7) is 3.33. The Balaban J connectivity index is 1.73. The Morgan fingerprint density at radius 2 is 1.70 bits per heavy atom. The van der Waals surface area contributed by atoms with Gasteiger partial charge >= 0.3 is 0 Å². The van der Waals surface area contributed by atoms with E-state index in [9.17, 15) is 4.79 Å². The van der Waals surface area contributed by atoms with Crippen LogP contribution in [0.4, 0.5) is 11.4 Å². The van der Waals surface area contributed by atoms with Crippen LogP contribution in [0.2, 0.25) is 0 Å². The lowest BCUT2D eigenvalue weighted by Gasteiger charge is -2.18. The fourth-order valence-electron chi connectivity index (χ4n) is 2.75. The van der Waals surface area contributed by atoms with Crippen molar-refractivity contribution in [3.05, 3.63) is 90.0 Å². The lowest BCUT2D eigenvalue weighted by Crippen LogP contribution is -2.17. The van der Waals surface area contributed by atoms with Gasteiger partial charge in [-0.2, -0.15) is 0 Å². The van der Waals surface area contributed by atoms with Gasteiger partial charge in [-0.1, -0.05) is 42.5 Å². The summed E-state index contributed by atoms with van der Waals surface area (Å²) in [6.07, 6.45) is 0. The molecule has 0 fully saturated rings. The van der Waals surface area contributed by atoms with Crippen LogP contribution in [0.15, 0.2) is 78.9 Å². The van der Waals surface area contributed by atoms with Crippen LogP contribution in [0.1, 0.15) is 22.8 Å². The Morgan fingerprint density at radius 1 is 0.963 bits per heavy atom. The second-order valence-corrected chi connectivity index (χ2v) is 6.28. The second-order valence-electron chi connectivity index (χ2n) is 6.28. The molecule has 1 amide bonds. The maximum atomic E-state index is 12.8. The van der Waals surface area contributed by atoms with Gasteiger partial charge in [0.2, 0.25) is 0 Å². The molecule has 138 valence electrons. The minimum atomic E-state index is -0.140. The van der Waals surface area contributed by atoms with E-state index >= 15 is 0 Å². The summed E-state index contributed by atoms with van der Waals surface area (Å²) >= 11 is 0. The van der Waals surface area contributed by atoms with Gasteiger partial charge in [-0.15, -0.1) is 0 Å². The molecule has 0 aromatic heterocycles. The highest BCUT2D eigenvalue weighted by atomic mass is 16.5. The van der Waals surface area contributed by atoms with Crippen molar-refractivity contribution < 1.29 is 9.53 Å². The molecule has 0 aliphatic carbocycles. The second kappa shape index (κ2) is 8.90. The summed E-state index contributed by atoms with van der Waals surface area (Å²) in [5.41, 5.74) is 3.30. The molecule has 0 aliphatic heterocycles. The molecule has 0 saturated carbocycles.